The molecular weight excluding hydrogens is 148 g/mol. The number of hydrogen-bond donors (Lipinski definition) is 3. The smallest absolute Gasteiger partial charge is 0.329 e. The van der Waals surface area contributed by atoms with Crippen LogP contribution in [0.2, 0.25) is 0 Å². The first-order valence-electron chi connectivity index (χ1n) is 3.12. The van der Waals surface area contributed by atoms with Crippen molar-refractivity contribution in [1.29, 1.82) is 0 Å². The maximum absolute atomic E-state index is 9.92. The van der Waals surface area contributed by atoms with Crippen LogP contribution in [0.5, 0.6) is 0 Å². The molecule has 0 bridgehead atoms. The lowest BCUT2D eigenvalue weighted by molar-refractivity contribution is -0.142. The van der Waals surface area contributed by atoms with Gasteiger partial charge in [-0.3, -0.25) is 0 Å². The molecule has 11 heavy (non-hydrogen) atoms. The molecule has 0 aromatic carbocycles. The normalized spacial score (nSPS) is 11.5. The van der Waals surface area contributed by atoms with Gasteiger partial charge in [0, 0.05) is 18.3 Å². The van der Waals surface area contributed by atoms with Crippen LogP contribution in [-0.4, -0.2) is 24.3 Å². The molecule has 0 aromatic rings. The third-order valence-corrected chi connectivity index (χ3v) is 0.975. The molecule has 0 heterocycles. The fourth-order valence-electron chi connectivity index (χ4n) is 0.433. The van der Waals surface area contributed by atoms with Crippen LogP contribution >= 0.6 is 0 Å². The summed E-state index contributed by atoms with van der Waals surface area (Å²) in [7, 11) is 0. The summed E-state index contributed by atoms with van der Waals surface area (Å²) in [5.74, 6) is -0.986. The number of ether oxygens (including phenoxy) is 1. The number of hydrogen-bond acceptors (Lipinski definition) is 4. The number of carboxylic acid groups (broad SMARTS) is 1. The van der Waals surface area contributed by atoms with Crippen molar-refractivity contribution in [3.63, 3.8) is 0 Å². The molecule has 0 amide bonds. The number of aliphatic carboxylic acids is 1. The first kappa shape index (κ1) is 9.77. The van der Waals surface area contributed by atoms with Gasteiger partial charge < -0.3 is 21.3 Å². The predicted octanol–water partition coefficient (Wildman–Crippen LogP) is -0.764. The van der Waals surface area contributed by atoms with Crippen molar-refractivity contribution in [1.82, 2.24) is 0 Å². The van der Waals surface area contributed by atoms with Gasteiger partial charge in [-0.1, -0.05) is 0 Å². The number of carboxylic acids is 1. The van der Waals surface area contributed by atoms with Crippen molar-refractivity contribution in [2.75, 3.05) is 13.2 Å². The maximum atomic E-state index is 9.92. The van der Waals surface area contributed by atoms with Gasteiger partial charge in [-0.15, -0.1) is 0 Å². The molecule has 64 valence electrons. The summed E-state index contributed by atoms with van der Waals surface area (Å²) < 4.78 is 4.69. The second kappa shape index (κ2) is 5.55. The summed E-state index contributed by atoms with van der Waals surface area (Å²) in [5, 5.41) is 8.14. The molecule has 0 fully saturated rings. The third-order valence-electron chi connectivity index (χ3n) is 0.975. The molecular formula is C6H12N2O3. The topological polar surface area (TPSA) is 98.6 Å². The minimum Gasteiger partial charge on any atom is -0.480 e. The van der Waals surface area contributed by atoms with Gasteiger partial charge in [0.2, 0.25) is 0 Å². The van der Waals surface area contributed by atoms with E-state index in [0.717, 1.165) is 0 Å². The van der Waals surface area contributed by atoms with E-state index in [4.69, 9.17) is 21.3 Å². The van der Waals surface area contributed by atoms with Crippen LogP contribution in [0.3, 0.4) is 0 Å². The summed E-state index contributed by atoms with van der Waals surface area (Å²) in [6, 6.07) is 0. The summed E-state index contributed by atoms with van der Waals surface area (Å²) >= 11 is 0. The monoisotopic (exact) mass is 160 g/mol. The van der Waals surface area contributed by atoms with Crippen molar-refractivity contribution in [3.8, 4) is 0 Å². The van der Waals surface area contributed by atoms with Gasteiger partial charge in [0.05, 0.1) is 6.61 Å². The Kier molecular flexibility index (Phi) is 4.93. The number of nitrogens with two attached hydrogens (primary N) is 2. The zero-order valence-electron chi connectivity index (χ0n) is 6.12. The lowest BCUT2D eigenvalue weighted by Crippen LogP contribution is -2.10. The molecule has 0 aromatic heterocycles. The minimum atomic E-state index is -0.986. The minimum absolute atomic E-state index is 0.284. The van der Waals surface area contributed by atoms with Gasteiger partial charge in [-0.05, 0) is 0 Å². The molecule has 0 radical (unpaired) electrons. The van der Waals surface area contributed by atoms with Gasteiger partial charge >= 0.3 is 5.97 Å². The Balaban J connectivity index is 3.21. The van der Waals surface area contributed by atoms with E-state index in [0.29, 0.717) is 12.1 Å². The fourth-order valence-corrected chi connectivity index (χ4v) is 0.433. The van der Waals surface area contributed by atoms with E-state index in [1.54, 1.807) is 0 Å². The second-order valence-corrected chi connectivity index (χ2v) is 1.94. The van der Waals surface area contributed by atoms with Crippen LogP contribution in [0.15, 0.2) is 11.9 Å². The van der Waals surface area contributed by atoms with Crippen LogP contribution in [0, 0.1) is 0 Å². The van der Waals surface area contributed by atoms with Gasteiger partial charge in [0.25, 0.3) is 0 Å². The summed E-state index contributed by atoms with van der Waals surface area (Å²) in [4.78, 5) is 9.92. The molecule has 0 aliphatic rings. The lowest BCUT2D eigenvalue weighted by Gasteiger charge is -1.99. The zero-order chi connectivity index (χ0) is 8.69. The van der Waals surface area contributed by atoms with Gasteiger partial charge in [0.1, 0.15) is 6.61 Å². The predicted molar refractivity (Wildman–Crippen MR) is 39.5 cm³/mol. The maximum Gasteiger partial charge on any atom is 0.329 e. The highest BCUT2D eigenvalue weighted by Gasteiger charge is 1.95. The molecule has 5 heteroatoms. The van der Waals surface area contributed by atoms with E-state index < -0.39 is 5.97 Å². The number of rotatable bonds is 5. The average Bonchev–Trinajstić information content (AvgIpc) is 1.97. The highest BCUT2D eigenvalue weighted by Crippen LogP contribution is 1.89. The van der Waals surface area contributed by atoms with E-state index in [-0.39, 0.29) is 13.2 Å². The third kappa shape index (κ3) is 6.66. The zero-order valence-corrected chi connectivity index (χ0v) is 6.12. The molecule has 0 unspecified atom stereocenters. The van der Waals surface area contributed by atoms with Crippen molar-refractivity contribution >= 4 is 5.97 Å². The van der Waals surface area contributed by atoms with Crippen LogP contribution < -0.4 is 11.5 Å². The van der Waals surface area contributed by atoms with E-state index in [1.807, 2.05) is 0 Å². The van der Waals surface area contributed by atoms with Crippen molar-refractivity contribution in [3.05, 3.63) is 11.9 Å². The molecule has 0 spiro atoms. The molecule has 0 saturated heterocycles. The van der Waals surface area contributed by atoms with Crippen molar-refractivity contribution in [2.45, 2.75) is 6.42 Å². The van der Waals surface area contributed by atoms with E-state index in [2.05, 4.69) is 0 Å². The standard InChI is InChI=1S/C6H12N2O3/c7-3-5(8)1-2-11-4-6(9)10/h3H,1-2,4,7-8H2,(H,9,10)/b5-3-. The molecule has 0 aliphatic carbocycles. The molecule has 0 rings (SSSR count). The van der Waals surface area contributed by atoms with Crippen LogP contribution in [0.25, 0.3) is 0 Å². The second-order valence-electron chi connectivity index (χ2n) is 1.94. The molecule has 0 aliphatic heterocycles. The fraction of sp³-hybridized carbons (Fsp3) is 0.500. The largest absolute Gasteiger partial charge is 0.480 e. The summed E-state index contributed by atoms with van der Waals surface area (Å²) in [5.41, 5.74) is 10.8. The quantitative estimate of drug-likeness (QED) is 0.459. The number of carbonyl (C=O) groups is 1. The summed E-state index contributed by atoms with van der Waals surface area (Å²) in [6.07, 6.45) is 1.73. The van der Waals surface area contributed by atoms with Gasteiger partial charge in [0.15, 0.2) is 0 Å². The van der Waals surface area contributed by atoms with Crippen LogP contribution in [-0.2, 0) is 9.53 Å². The van der Waals surface area contributed by atoms with Gasteiger partial charge in [-0.25, -0.2) is 4.79 Å². The van der Waals surface area contributed by atoms with E-state index in [1.165, 1.54) is 6.20 Å². The SMILES string of the molecule is N/C=C(\N)CCOCC(=O)O. The first-order chi connectivity index (χ1) is 5.16. The van der Waals surface area contributed by atoms with Crippen molar-refractivity contribution in [2.24, 2.45) is 11.5 Å². The summed E-state index contributed by atoms with van der Waals surface area (Å²) in [6.45, 7) is -0.0102. The van der Waals surface area contributed by atoms with Crippen LogP contribution in [0.1, 0.15) is 6.42 Å². The molecule has 0 atom stereocenters. The van der Waals surface area contributed by atoms with E-state index >= 15 is 0 Å². The molecule has 5 N–H and O–H groups in total. The highest BCUT2D eigenvalue weighted by atomic mass is 16.5. The average molecular weight is 160 g/mol. The Hall–Kier alpha value is -1.23. The molecule has 5 nitrogen and oxygen atoms in total. The van der Waals surface area contributed by atoms with Gasteiger partial charge in [-0.2, -0.15) is 0 Å². The van der Waals surface area contributed by atoms with E-state index in [9.17, 15) is 4.79 Å². The Bertz CT molecular complexity index is 156. The Labute approximate surface area is 64.6 Å². The van der Waals surface area contributed by atoms with Crippen LogP contribution in [0.4, 0.5) is 0 Å². The Morgan fingerprint density at radius 3 is 2.73 bits per heavy atom. The Morgan fingerprint density at radius 2 is 2.27 bits per heavy atom. The highest BCUT2D eigenvalue weighted by molar-refractivity contribution is 5.67. The molecule has 0 saturated carbocycles. The lowest BCUT2D eigenvalue weighted by atomic mass is 10.3. The van der Waals surface area contributed by atoms with Crippen molar-refractivity contribution < 1.29 is 14.6 Å². The first-order valence-corrected chi connectivity index (χ1v) is 3.12. The Morgan fingerprint density at radius 1 is 1.64 bits per heavy atom.